The number of rotatable bonds is 6. The molecule has 1 aliphatic heterocycles. The minimum Gasteiger partial charge on any atom is -0.492 e. The van der Waals surface area contributed by atoms with Crippen molar-refractivity contribution in [2.24, 2.45) is 4.99 Å². The molecule has 176 valence electrons. The van der Waals surface area contributed by atoms with Crippen LogP contribution in [0.4, 0.5) is 0 Å². The second-order valence-electron chi connectivity index (χ2n) is 8.07. The summed E-state index contributed by atoms with van der Waals surface area (Å²) in [5, 5.41) is 0. The van der Waals surface area contributed by atoms with Crippen LogP contribution in [0.2, 0.25) is 0 Å². The number of ether oxygens (including phenoxy) is 1. The van der Waals surface area contributed by atoms with Gasteiger partial charge in [0.2, 0.25) is 10.0 Å². The maximum absolute atomic E-state index is 13.0. The Morgan fingerprint density at radius 3 is 2.58 bits per heavy atom. The van der Waals surface area contributed by atoms with Gasteiger partial charge >= 0.3 is 0 Å². The molecule has 2 aromatic carbocycles. The lowest BCUT2D eigenvalue weighted by Gasteiger charge is -2.32. The fourth-order valence-corrected chi connectivity index (χ4v) is 7.04. The Bertz CT molecular complexity index is 1320. The molecule has 1 saturated heterocycles. The molecule has 4 rings (SSSR count). The van der Waals surface area contributed by atoms with Crippen LogP contribution in [-0.4, -0.2) is 42.4 Å². The van der Waals surface area contributed by atoms with Crippen molar-refractivity contribution in [2.45, 2.75) is 57.5 Å². The molecule has 0 saturated carbocycles. The summed E-state index contributed by atoms with van der Waals surface area (Å²) in [6, 6.07) is 11.9. The molecule has 0 N–H and O–H groups in total. The van der Waals surface area contributed by atoms with Gasteiger partial charge in [0.15, 0.2) is 4.80 Å². The van der Waals surface area contributed by atoms with Crippen LogP contribution >= 0.6 is 11.3 Å². The topological polar surface area (TPSA) is 81.0 Å². The molecule has 33 heavy (non-hydrogen) atoms. The van der Waals surface area contributed by atoms with E-state index >= 15 is 0 Å². The van der Waals surface area contributed by atoms with Gasteiger partial charge in [0.25, 0.3) is 5.91 Å². The Morgan fingerprint density at radius 2 is 1.91 bits per heavy atom. The number of aromatic nitrogens is 1. The summed E-state index contributed by atoms with van der Waals surface area (Å²) < 4.78 is 36.4. The van der Waals surface area contributed by atoms with E-state index in [1.54, 1.807) is 16.4 Å². The van der Waals surface area contributed by atoms with Gasteiger partial charge in [-0.1, -0.05) is 23.8 Å². The van der Waals surface area contributed by atoms with E-state index in [4.69, 9.17) is 4.74 Å². The Kier molecular flexibility index (Phi) is 7.02. The number of aryl methyl sites for hydroxylation is 1. The van der Waals surface area contributed by atoms with Gasteiger partial charge in [-0.25, -0.2) is 8.42 Å². The van der Waals surface area contributed by atoms with Crippen molar-refractivity contribution in [1.29, 1.82) is 0 Å². The van der Waals surface area contributed by atoms with Crippen molar-refractivity contribution in [3.8, 4) is 5.75 Å². The van der Waals surface area contributed by atoms with Gasteiger partial charge in [0.05, 0.1) is 16.2 Å². The quantitative estimate of drug-likeness (QED) is 0.515. The number of para-hydroxylation sites is 1. The average molecular weight is 488 g/mol. The predicted molar refractivity (Wildman–Crippen MR) is 130 cm³/mol. The number of fused-ring (bicyclic) bond motifs is 1. The Labute approximate surface area is 198 Å². The molecule has 0 aliphatic carbocycles. The monoisotopic (exact) mass is 487 g/mol. The molecule has 3 aromatic rings. The standard InChI is InChI=1S/C24H29N3O4S2/c1-4-26-22-20(31-5-2)10-8-11-21(22)32-24(26)25-23(28)18-12-14-19(15-13-18)33(29,30)27-16-7-6-9-17(27)3/h8,10-15,17H,4-7,9,16H2,1-3H3/t17-/m0/s1. The molecule has 1 atom stereocenters. The number of carbonyl (C=O) groups excluding carboxylic acids is 1. The summed E-state index contributed by atoms with van der Waals surface area (Å²) in [5.41, 5.74) is 1.28. The summed E-state index contributed by atoms with van der Waals surface area (Å²) in [6.07, 6.45) is 2.78. The van der Waals surface area contributed by atoms with E-state index in [2.05, 4.69) is 4.99 Å². The van der Waals surface area contributed by atoms with Crippen LogP contribution in [0.3, 0.4) is 0 Å². The molecule has 9 heteroatoms. The third-order valence-electron chi connectivity index (χ3n) is 5.93. The van der Waals surface area contributed by atoms with Gasteiger partial charge in [0.1, 0.15) is 11.3 Å². The SMILES string of the molecule is CCOc1cccc2sc(=NC(=O)c3ccc(S(=O)(=O)N4CCCC[C@@H]4C)cc3)n(CC)c12. The summed E-state index contributed by atoms with van der Waals surface area (Å²) in [4.78, 5) is 18.1. The van der Waals surface area contributed by atoms with Crippen molar-refractivity contribution < 1.29 is 17.9 Å². The smallest absolute Gasteiger partial charge is 0.279 e. The van der Waals surface area contributed by atoms with Crippen molar-refractivity contribution in [2.75, 3.05) is 13.2 Å². The number of carbonyl (C=O) groups is 1. The lowest BCUT2D eigenvalue weighted by molar-refractivity contribution is 0.0997. The largest absolute Gasteiger partial charge is 0.492 e. The van der Waals surface area contributed by atoms with Crippen molar-refractivity contribution >= 4 is 37.5 Å². The highest BCUT2D eigenvalue weighted by molar-refractivity contribution is 7.89. The molecule has 0 spiro atoms. The van der Waals surface area contributed by atoms with E-state index in [0.717, 1.165) is 35.2 Å². The lowest BCUT2D eigenvalue weighted by atomic mass is 10.1. The molecule has 0 unspecified atom stereocenters. The summed E-state index contributed by atoms with van der Waals surface area (Å²) in [7, 11) is -3.58. The molecular formula is C24H29N3O4S2. The molecule has 1 amide bonds. The normalized spacial score (nSPS) is 18.0. The molecule has 2 heterocycles. The van der Waals surface area contributed by atoms with Crippen LogP contribution in [0.1, 0.15) is 50.4 Å². The van der Waals surface area contributed by atoms with Gasteiger partial charge in [0, 0.05) is 24.7 Å². The predicted octanol–water partition coefficient (Wildman–Crippen LogP) is 4.43. The molecule has 0 bridgehead atoms. The highest BCUT2D eigenvalue weighted by Crippen LogP contribution is 2.28. The van der Waals surface area contributed by atoms with Crippen molar-refractivity contribution in [1.82, 2.24) is 8.87 Å². The highest BCUT2D eigenvalue weighted by Gasteiger charge is 2.30. The van der Waals surface area contributed by atoms with Gasteiger partial charge in [-0.15, -0.1) is 0 Å². The van der Waals surface area contributed by atoms with Crippen LogP contribution in [0.15, 0.2) is 52.4 Å². The first-order valence-electron chi connectivity index (χ1n) is 11.3. The van der Waals surface area contributed by atoms with E-state index in [9.17, 15) is 13.2 Å². The summed E-state index contributed by atoms with van der Waals surface area (Å²) in [6.45, 7) is 7.60. The van der Waals surface area contributed by atoms with E-state index in [0.29, 0.717) is 30.1 Å². The van der Waals surface area contributed by atoms with Crippen LogP contribution in [0, 0.1) is 0 Å². The maximum atomic E-state index is 13.0. The zero-order valence-corrected chi connectivity index (χ0v) is 20.8. The van der Waals surface area contributed by atoms with Gasteiger partial charge < -0.3 is 9.30 Å². The fourth-order valence-electron chi connectivity index (χ4n) is 4.23. The van der Waals surface area contributed by atoms with Crippen molar-refractivity contribution in [3.05, 3.63) is 52.8 Å². The second-order valence-corrected chi connectivity index (χ2v) is 11.0. The first-order valence-corrected chi connectivity index (χ1v) is 13.6. The first kappa shape index (κ1) is 23.7. The lowest BCUT2D eigenvalue weighted by Crippen LogP contribution is -2.41. The fraction of sp³-hybridized carbons (Fsp3) is 0.417. The molecular weight excluding hydrogens is 458 g/mol. The number of sulfonamides is 1. The zero-order valence-electron chi connectivity index (χ0n) is 19.2. The Balaban J connectivity index is 1.66. The van der Waals surface area contributed by atoms with Crippen LogP contribution in [0.5, 0.6) is 5.75 Å². The number of thiazole rings is 1. The van der Waals surface area contributed by atoms with Gasteiger partial charge in [-0.05, 0) is 70.0 Å². The number of nitrogens with zero attached hydrogens (tertiary/aromatic N) is 3. The van der Waals surface area contributed by atoms with Crippen LogP contribution in [-0.2, 0) is 16.6 Å². The van der Waals surface area contributed by atoms with Crippen LogP contribution in [0.25, 0.3) is 10.2 Å². The molecule has 7 nitrogen and oxygen atoms in total. The van der Waals surface area contributed by atoms with Crippen LogP contribution < -0.4 is 9.54 Å². The summed E-state index contributed by atoms with van der Waals surface area (Å²) in [5.74, 6) is 0.362. The van der Waals surface area contributed by atoms with Gasteiger partial charge in [-0.3, -0.25) is 4.79 Å². The molecule has 1 aromatic heterocycles. The van der Waals surface area contributed by atoms with E-state index in [-0.39, 0.29) is 10.9 Å². The minimum atomic E-state index is -3.58. The molecule has 0 radical (unpaired) electrons. The van der Waals surface area contributed by atoms with Gasteiger partial charge in [-0.2, -0.15) is 9.30 Å². The third-order valence-corrected chi connectivity index (χ3v) is 9.00. The summed E-state index contributed by atoms with van der Waals surface area (Å²) >= 11 is 1.43. The van der Waals surface area contributed by atoms with Crippen molar-refractivity contribution in [3.63, 3.8) is 0 Å². The van der Waals surface area contributed by atoms with E-state index in [1.165, 1.54) is 23.5 Å². The number of benzene rings is 2. The third kappa shape index (κ3) is 4.62. The Hall–Kier alpha value is -2.49. The average Bonchev–Trinajstić information content (AvgIpc) is 3.17. The highest BCUT2D eigenvalue weighted by atomic mass is 32.2. The number of amides is 1. The maximum Gasteiger partial charge on any atom is 0.279 e. The first-order chi connectivity index (χ1) is 15.9. The van der Waals surface area contributed by atoms with E-state index < -0.39 is 15.9 Å². The molecule has 1 aliphatic rings. The van der Waals surface area contributed by atoms with E-state index in [1.807, 2.05) is 43.5 Å². The zero-order chi connectivity index (χ0) is 23.6. The Morgan fingerprint density at radius 1 is 1.15 bits per heavy atom. The number of hydrogen-bond donors (Lipinski definition) is 0. The number of piperidine rings is 1. The minimum absolute atomic E-state index is 0.0147. The molecule has 1 fully saturated rings. The number of hydrogen-bond acceptors (Lipinski definition) is 5. The second kappa shape index (κ2) is 9.79.